The normalized spacial score (nSPS) is 10.1. The maximum atomic E-state index is 13.1. The van der Waals surface area contributed by atoms with Gasteiger partial charge in [-0.3, -0.25) is 10.1 Å². The SMILES string of the molecule is COC(=O)c1cc(Oc2ccc(F)c(N)c2)ccc1[N+](=O)[O-]. The molecular formula is C14H11FN2O5. The van der Waals surface area contributed by atoms with E-state index in [9.17, 15) is 19.3 Å². The lowest BCUT2D eigenvalue weighted by atomic mass is 10.1. The van der Waals surface area contributed by atoms with Gasteiger partial charge in [0, 0.05) is 18.2 Å². The average Bonchev–Trinajstić information content (AvgIpc) is 2.50. The molecule has 2 N–H and O–H groups in total. The van der Waals surface area contributed by atoms with Gasteiger partial charge in [-0.05, 0) is 18.2 Å². The van der Waals surface area contributed by atoms with Crippen LogP contribution in [0.4, 0.5) is 15.8 Å². The van der Waals surface area contributed by atoms with Gasteiger partial charge < -0.3 is 15.2 Å². The van der Waals surface area contributed by atoms with Gasteiger partial charge in [0.05, 0.1) is 17.7 Å². The number of halogens is 1. The molecule has 0 saturated carbocycles. The lowest BCUT2D eigenvalue weighted by Gasteiger charge is -2.08. The number of anilines is 1. The second-order valence-electron chi connectivity index (χ2n) is 4.21. The molecule has 0 amide bonds. The van der Waals surface area contributed by atoms with Gasteiger partial charge in [0.2, 0.25) is 0 Å². The number of nitrogen functional groups attached to an aromatic ring is 1. The fraction of sp³-hybridized carbons (Fsp3) is 0.0714. The second-order valence-corrected chi connectivity index (χ2v) is 4.21. The van der Waals surface area contributed by atoms with Crippen molar-refractivity contribution in [1.29, 1.82) is 0 Å². The highest BCUT2D eigenvalue weighted by atomic mass is 19.1. The Hall–Kier alpha value is -3.16. The number of methoxy groups -OCH3 is 1. The molecule has 0 fully saturated rings. The number of nitrogens with zero attached hydrogens (tertiary/aromatic N) is 1. The summed E-state index contributed by atoms with van der Waals surface area (Å²) in [5.41, 5.74) is 4.66. The quantitative estimate of drug-likeness (QED) is 0.403. The summed E-state index contributed by atoms with van der Waals surface area (Å²) in [7, 11) is 1.11. The maximum Gasteiger partial charge on any atom is 0.345 e. The first-order chi connectivity index (χ1) is 10.4. The van der Waals surface area contributed by atoms with Crippen LogP contribution in [0.5, 0.6) is 11.5 Å². The Balaban J connectivity index is 2.37. The Morgan fingerprint density at radius 3 is 2.45 bits per heavy atom. The van der Waals surface area contributed by atoms with Crippen molar-refractivity contribution in [2.45, 2.75) is 0 Å². The lowest BCUT2D eigenvalue weighted by Crippen LogP contribution is -2.05. The fourth-order valence-electron chi connectivity index (χ4n) is 1.73. The van der Waals surface area contributed by atoms with Crippen LogP contribution in [0.15, 0.2) is 36.4 Å². The van der Waals surface area contributed by atoms with Crippen molar-refractivity contribution >= 4 is 17.3 Å². The first kappa shape index (κ1) is 15.2. The maximum absolute atomic E-state index is 13.1. The van der Waals surface area contributed by atoms with Gasteiger partial charge in [0.15, 0.2) is 0 Å². The fourth-order valence-corrected chi connectivity index (χ4v) is 1.73. The van der Waals surface area contributed by atoms with Crippen molar-refractivity contribution in [2.24, 2.45) is 0 Å². The molecule has 2 rings (SSSR count). The summed E-state index contributed by atoms with van der Waals surface area (Å²) < 4.78 is 23.0. The largest absolute Gasteiger partial charge is 0.465 e. The van der Waals surface area contributed by atoms with Crippen LogP contribution in [0.3, 0.4) is 0 Å². The highest BCUT2D eigenvalue weighted by Gasteiger charge is 2.21. The summed E-state index contributed by atoms with van der Waals surface area (Å²) in [4.78, 5) is 21.8. The number of rotatable bonds is 4. The molecule has 2 aromatic carbocycles. The van der Waals surface area contributed by atoms with Crippen LogP contribution in [0.2, 0.25) is 0 Å². The molecule has 0 unspecified atom stereocenters. The number of nitro groups is 1. The van der Waals surface area contributed by atoms with Crippen LogP contribution in [-0.2, 0) is 4.74 Å². The zero-order chi connectivity index (χ0) is 16.3. The molecule has 0 atom stereocenters. The summed E-state index contributed by atoms with van der Waals surface area (Å²) in [5, 5.41) is 10.9. The summed E-state index contributed by atoms with van der Waals surface area (Å²) >= 11 is 0. The van der Waals surface area contributed by atoms with Crippen molar-refractivity contribution in [3.05, 3.63) is 57.9 Å². The molecule has 114 valence electrons. The molecule has 0 aliphatic heterocycles. The number of benzene rings is 2. The van der Waals surface area contributed by atoms with E-state index in [2.05, 4.69) is 4.74 Å². The molecule has 0 saturated heterocycles. The minimum Gasteiger partial charge on any atom is -0.465 e. The highest BCUT2D eigenvalue weighted by Crippen LogP contribution is 2.29. The molecule has 0 heterocycles. The number of nitro benzene ring substituents is 1. The zero-order valence-electron chi connectivity index (χ0n) is 11.4. The van der Waals surface area contributed by atoms with Gasteiger partial charge in [0.1, 0.15) is 22.9 Å². The summed E-state index contributed by atoms with van der Waals surface area (Å²) in [6.45, 7) is 0. The molecular weight excluding hydrogens is 295 g/mol. The number of nitrogens with two attached hydrogens (primary N) is 1. The average molecular weight is 306 g/mol. The molecule has 22 heavy (non-hydrogen) atoms. The summed E-state index contributed by atoms with van der Waals surface area (Å²) in [6, 6.07) is 7.32. The van der Waals surface area contributed by atoms with Gasteiger partial charge in [-0.15, -0.1) is 0 Å². The molecule has 0 bridgehead atoms. The molecule has 2 aromatic rings. The highest BCUT2D eigenvalue weighted by molar-refractivity contribution is 5.94. The van der Waals surface area contributed by atoms with E-state index in [0.717, 1.165) is 19.2 Å². The Bertz CT molecular complexity index is 748. The van der Waals surface area contributed by atoms with E-state index in [4.69, 9.17) is 10.5 Å². The zero-order valence-corrected chi connectivity index (χ0v) is 11.4. The minimum atomic E-state index is -0.865. The molecule has 7 nitrogen and oxygen atoms in total. The number of ether oxygens (including phenoxy) is 2. The Kier molecular flexibility index (Phi) is 4.21. The number of esters is 1. The predicted octanol–water partition coefficient (Wildman–Crippen LogP) is 2.90. The third kappa shape index (κ3) is 3.11. The van der Waals surface area contributed by atoms with Gasteiger partial charge >= 0.3 is 5.97 Å². The molecule has 8 heteroatoms. The summed E-state index contributed by atoms with van der Waals surface area (Å²) in [6.07, 6.45) is 0. The van der Waals surface area contributed by atoms with Crippen molar-refractivity contribution < 1.29 is 23.6 Å². The number of carbonyl (C=O) groups excluding carboxylic acids is 1. The Morgan fingerprint density at radius 1 is 1.23 bits per heavy atom. The van der Waals surface area contributed by atoms with E-state index < -0.39 is 22.4 Å². The first-order valence-corrected chi connectivity index (χ1v) is 6.02. The van der Waals surface area contributed by atoms with Crippen molar-refractivity contribution in [3.63, 3.8) is 0 Å². The van der Waals surface area contributed by atoms with Gasteiger partial charge in [0.25, 0.3) is 5.69 Å². The molecule has 0 aromatic heterocycles. The Morgan fingerprint density at radius 2 is 1.86 bits per heavy atom. The second kappa shape index (κ2) is 6.08. The number of hydrogen-bond donors (Lipinski definition) is 1. The molecule has 0 aliphatic rings. The lowest BCUT2D eigenvalue weighted by molar-refractivity contribution is -0.385. The summed E-state index contributed by atoms with van der Waals surface area (Å²) in [5.74, 6) is -1.08. The standard InChI is InChI=1S/C14H11FN2O5/c1-21-14(18)10-6-8(3-5-13(10)17(19)20)22-9-2-4-11(15)12(16)7-9/h2-7H,16H2,1H3. The van der Waals surface area contributed by atoms with Crippen LogP contribution >= 0.6 is 0 Å². The molecule has 0 spiro atoms. The van der Waals surface area contributed by atoms with Crippen molar-refractivity contribution in [1.82, 2.24) is 0 Å². The van der Waals surface area contributed by atoms with E-state index in [1.54, 1.807) is 0 Å². The Labute approximate surface area is 124 Å². The molecule has 0 aliphatic carbocycles. The third-order valence-electron chi connectivity index (χ3n) is 2.77. The van der Waals surface area contributed by atoms with E-state index in [1.165, 1.54) is 24.3 Å². The number of hydrogen-bond acceptors (Lipinski definition) is 6. The first-order valence-electron chi connectivity index (χ1n) is 6.02. The topological polar surface area (TPSA) is 105 Å². The van der Waals surface area contributed by atoms with Gasteiger partial charge in [-0.2, -0.15) is 0 Å². The van der Waals surface area contributed by atoms with Gasteiger partial charge in [-0.25, -0.2) is 9.18 Å². The minimum absolute atomic E-state index is 0.104. The van der Waals surface area contributed by atoms with E-state index in [-0.39, 0.29) is 22.7 Å². The number of carbonyl (C=O) groups is 1. The van der Waals surface area contributed by atoms with Crippen LogP contribution in [0, 0.1) is 15.9 Å². The monoisotopic (exact) mass is 306 g/mol. The van der Waals surface area contributed by atoms with Gasteiger partial charge in [-0.1, -0.05) is 0 Å². The van der Waals surface area contributed by atoms with Crippen molar-refractivity contribution in [3.8, 4) is 11.5 Å². The van der Waals surface area contributed by atoms with Crippen LogP contribution in [0.1, 0.15) is 10.4 Å². The van der Waals surface area contributed by atoms with Crippen LogP contribution < -0.4 is 10.5 Å². The van der Waals surface area contributed by atoms with E-state index in [0.29, 0.717) is 0 Å². The smallest absolute Gasteiger partial charge is 0.345 e. The predicted molar refractivity (Wildman–Crippen MR) is 75.3 cm³/mol. The molecule has 0 radical (unpaired) electrons. The third-order valence-corrected chi connectivity index (χ3v) is 2.77. The van der Waals surface area contributed by atoms with Crippen LogP contribution in [-0.4, -0.2) is 18.0 Å². The van der Waals surface area contributed by atoms with Crippen LogP contribution in [0.25, 0.3) is 0 Å². The van der Waals surface area contributed by atoms with Crippen molar-refractivity contribution in [2.75, 3.05) is 12.8 Å². The van der Waals surface area contributed by atoms with E-state index >= 15 is 0 Å². The van der Waals surface area contributed by atoms with E-state index in [1.807, 2.05) is 0 Å².